The third-order valence-electron chi connectivity index (χ3n) is 2.69. The highest BCUT2D eigenvalue weighted by molar-refractivity contribution is 7.15. The van der Waals surface area contributed by atoms with Gasteiger partial charge in [0.05, 0.1) is 0 Å². The van der Waals surface area contributed by atoms with Gasteiger partial charge in [-0.05, 0) is 37.2 Å². The fourth-order valence-corrected chi connectivity index (χ4v) is 2.72. The van der Waals surface area contributed by atoms with Crippen LogP contribution in [0.1, 0.15) is 18.2 Å². The quantitative estimate of drug-likeness (QED) is 0.637. The molecule has 2 aromatic rings. The van der Waals surface area contributed by atoms with Gasteiger partial charge in [0.1, 0.15) is 0 Å². The maximum Gasteiger partial charge on any atom is 0.195 e. The van der Waals surface area contributed by atoms with Crippen LogP contribution in [0, 0.1) is 17.5 Å². The van der Waals surface area contributed by atoms with Gasteiger partial charge in [-0.15, -0.1) is 11.3 Å². The second-order valence-corrected chi connectivity index (χ2v) is 5.33. The van der Waals surface area contributed by atoms with Gasteiger partial charge in [-0.2, -0.15) is 0 Å². The molecule has 102 valence electrons. The SMILES string of the molecule is CCCNCc1ccc(-c2ccc(F)c(F)c2F)s1. The maximum absolute atomic E-state index is 13.6. The standard InChI is InChI=1S/C14H14F3NS/c1-2-7-18-8-9-3-6-12(19-9)10-4-5-11(15)14(17)13(10)16/h3-6,18H,2,7-8H2,1H3. The Morgan fingerprint density at radius 3 is 2.58 bits per heavy atom. The van der Waals surface area contributed by atoms with Crippen LogP contribution in [0.2, 0.25) is 0 Å². The predicted octanol–water partition coefficient (Wildman–Crippen LogP) is 4.33. The first-order valence-electron chi connectivity index (χ1n) is 6.06. The van der Waals surface area contributed by atoms with Crippen molar-refractivity contribution < 1.29 is 13.2 Å². The molecule has 0 radical (unpaired) electrons. The number of halogens is 3. The molecule has 0 bridgehead atoms. The van der Waals surface area contributed by atoms with Crippen LogP contribution >= 0.6 is 11.3 Å². The van der Waals surface area contributed by atoms with Crippen LogP contribution in [0.5, 0.6) is 0 Å². The van der Waals surface area contributed by atoms with Crippen LogP contribution in [0.15, 0.2) is 24.3 Å². The second-order valence-electron chi connectivity index (χ2n) is 4.17. The van der Waals surface area contributed by atoms with Crippen LogP contribution < -0.4 is 5.32 Å². The van der Waals surface area contributed by atoms with E-state index in [9.17, 15) is 13.2 Å². The topological polar surface area (TPSA) is 12.0 Å². The average Bonchev–Trinajstić information content (AvgIpc) is 2.85. The average molecular weight is 285 g/mol. The number of rotatable bonds is 5. The van der Waals surface area contributed by atoms with Gasteiger partial charge in [-0.1, -0.05) is 6.92 Å². The molecule has 19 heavy (non-hydrogen) atoms. The highest BCUT2D eigenvalue weighted by Gasteiger charge is 2.15. The van der Waals surface area contributed by atoms with Gasteiger partial charge in [-0.3, -0.25) is 0 Å². The molecule has 0 aliphatic heterocycles. The lowest BCUT2D eigenvalue weighted by Crippen LogP contribution is -2.12. The van der Waals surface area contributed by atoms with E-state index in [4.69, 9.17) is 0 Å². The van der Waals surface area contributed by atoms with Crippen molar-refractivity contribution in [2.75, 3.05) is 6.54 Å². The zero-order valence-electron chi connectivity index (χ0n) is 10.5. The number of hydrogen-bond donors (Lipinski definition) is 1. The van der Waals surface area contributed by atoms with E-state index in [1.807, 2.05) is 6.07 Å². The lowest BCUT2D eigenvalue weighted by molar-refractivity contribution is 0.449. The predicted molar refractivity (Wildman–Crippen MR) is 71.6 cm³/mol. The molecule has 0 unspecified atom stereocenters. The zero-order chi connectivity index (χ0) is 13.8. The van der Waals surface area contributed by atoms with E-state index in [1.165, 1.54) is 17.4 Å². The highest BCUT2D eigenvalue weighted by Crippen LogP contribution is 2.31. The Labute approximate surface area is 114 Å². The zero-order valence-corrected chi connectivity index (χ0v) is 11.3. The number of thiophene rings is 1. The van der Waals surface area contributed by atoms with Crippen LogP contribution in [0.4, 0.5) is 13.2 Å². The summed E-state index contributed by atoms with van der Waals surface area (Å²) in [4.78, 5) is 1.64. The molecule has 0 spiro atoms. The third-order valence-corrected chi connectivity index (χ3v) is 3.81. The van der Waals surface area contributed by atoms with Gasteiger partial charge >= 0.3 is 0 Å². The molecule has 0 fully saturated rings. The van der Waals surface area contributed by atoms with Crippen LogP contribution in [-0.4, -0.2) is 6.54 Å². The summed E-state index contributed by atoms with van der Waals surface area (Å²) in [7, 11) is 0. The van der Waals surface area contributed by atoms with Crippen molar-refractivity contribution in [1.29, 1.82) is 0 Å². The summed E-state index contributed by atoms with van der Waals surface area (Å²) >= 11 is 1.37. The maximum atomic E-state index is 13.6. The summed E-state index contributed by atoms with van der Waals surface area (Å²) in [6.45, 7) is 3.68. The van der Waals surface area contributed by atoms with Crippen molar-refractivity contribution >= 4 is 11.3 Å². The summed E-state index contributed by atoms with van der Waals surface area (Å²) in [5.41, 5.74) is 0.102. The molecular weight excluding hydrogens is 271 g/mol. The minimum absolute atomic E-state index is 0.102. The van der Waals surface area contributed by atoms with Crippen LogP contribution in [0.3, 0.4) is 0 Å². The minimum Gasteiger partial charge on any atom is -0.312 e. The van der Waals surface area contributed by atoms with Crippen molar-refractivity contribution in [2.45, 2.75) is 19.9 Å². The fourth-order valence-electron chi connectivity index (χ4n) is 1.72. The molecule has 1 heterocycles. The van der Waals surface area contributed by atoms with E-state index < -0.39 is 17.5 Å². The van der Waals surface area contributed by atoms with Crippen molar-refractivity contribution in [3.8, 4) is 10.4 Å². The van der Waals surface area contributed by atoms with Gasteiger partial charge < -0.3 is 5.32 Å². The van der Waals surface area contributed by atoms with Gasteiger partial charge in [-0.25, -0.2) is 13.2 Å². The molecule has 5 heteroatoms. The Balaban J connectivity index is 2.21. The molecule has 2 rings (SSSR count). The molecule has 0 amide bonds. The van der Waals surface area contributed by atoms with E-state index in [-0.39, 0.29) is 5.56 Å². The lowest BCUT2D eigenvalue weighted by atomic mass is 10.1. The van der Waals surface area contributed by atoms with E-state index in [1.54, 1.807) is 6.07 Å². The molecule has 0 saturated carbocycles. The normalized spacial score (nSPS) is 10.9. The van der Waals surface area contributed by atoms with Crippen LogP contribution in [0.25, 0.3) is 10.4 Å². The summed E-state index contributed by atoms with van der Waals surface area (Å²) in [5.74, 6) is -3.71. The van der Waals surface area contributed by atoms with E-state index in [0.29, 0.717) is 11.4 Å². The van der Waals surface area contributed by atoms with Gasteiger partial charge in [0, 0.05) is 21.9 Å². The molecule has 1 aromatic heterocycles. The molecular formula is C14H14F3NS. The third kappa shape index (κ3) is 3.16. The molecule has 1 aromatic carbocycles. The van der Waals surface area contributed by atoms with Crippen LogP contribution in [-0.2, 0) is 6.54 Å². The summed E-state index contributed by atoms with van der Waals surface area (Å²) in [6, 6.07) is 5.80. The smallest absolute Gasteiger partial charge is 0.195 e. The van der Waals surface area contributed by atoms with Gasteiger partial charge in [0.25, 0.3) is 0 Å². The Morgan fingerprint density at radius 2 is 1.84 bits per heavy atom. The fraction of sp³-hybridized carbons (Fsp3) is 0.286. The Morgan fingerprint density at radius 1 is 1.05 bits per heavy atom. The van der Waals surface area contributed by atoms with Crippen molar-refractivity contribution in [2.24, 2.45) is 0 Å². The molecule has 0 saturated heterocycles. The monoisotopic (exact) mass is 285 g/mol. The summed E-state index contributed by atoms with van der Waals surface area (Å²) in [5, 5.41) is 3.23. The minimum atomic E-state index is -1.42. The van der Waals surface area contributed by atoms with Crippen molar-refractivity contribution in [3.63, 3.8) is 0 Å². The first-order valence-corrected chi connectivity index (χ1v) is 6.88. The number of benzene rings is 1. The molecule has 1 N–H and O–H groups in total. The van der Waals surface area contributed by atoms with Crippen molar-refractivity contribution in [1.82, 2.24) is 5.32 Å². The number of hydrogen-bond acceptors (Lipinski definition) is 2. The summed E-state index contributed by atoms with van der Waals surface area (Å²) in [6.07, 6.45) is 1.04. The Hall–Kier alpha value is -1.33. The molecule has 0 atom stereocenters. The second kappa shape index (κ2) is 6.21. The molecule has 0 aliphatic carbocycles. The van der Waals surface area contributed by atoms with E-state index in [0.717, 1.165) is 23.9 Å². The number of nitrogens with one attached hydrogen (secondary N) is 1. The molecule has 0 aliphatic rings. The Bertz CT molecular complexity index is 566. The Kier molecular flexibility index (Phi) is 4.61. The van der Waals surface area contributed by atoms with Crippen molar-refractivity contribution in [3.05, 3.63) is 46.6 Å². The highest BCUT2D eigenvalue weighted by atomic mass is 32.1. The van der Waals surface area contributed by atoms with Gasteiger partial charge in [0.15, 0.2) is 17.5 Å². The first-order chi connectivity index (χ1) is 9.13. The van der Waals surface area contributed by atoms with E-state index in [2.05, 4.69) is 12.2 Å². The largest absolute Gasteiger partial charge is 0.312 e. The van der Waals surface area contributed by atoms with E-state index >= 15 is 0 Å². The summed E-state index contributed by atoms with van der Waals surface area (Å²) < 4.78 is 39.7. The first kappa shape index (κ1) is 14.1. The lowest BCUT2D eigenvalue weighted by Gasteiger charge is -2.02. The molecule has 1 nitrogen and oxygen atoms in total. The van der Waals surface area contributed by atoms with Gasteiger partial charge in [0.2, 0.25) is 0 Å².